The fraction of sp³-hybridized carbons (Fsp3) is 0.200. The summed E-state index contributed by atoms with van der Waals surface area (Å²) in [6.45, 7) is 0. The molecule has 0 aliphatic heterocycles. The van der Waals surface area contributed by atoms with Crippen LogP contribution in [0.3, 0.4) is 0 Å². The van der Waals surface area contributed by atoms with E-state index in [1.165, 1.54) is 11.3 Å². The third-order valence-electron chi connectivity index (χ3n) is 1.96. The van der Waals surface area contributed by atoms with E-state index in [0.717, 1.165) is 12.8 Å². The number of H-pyrrole nitrogens is 1. The van der Waals surface area contributed by atoms with E-state index in [1.807, 2.05) is 18.3 Å². The molecule has 0 bridgehead atoms. The van der Waals surface area contributed by atoms with Crippen LogP contribution in [0.1, 0.15) is 11.3 Å². The van der Waals surface area contributed by atoms with Crippen molar-refractivity contribution in [3.05, 3.63) is 48.0 Å². The number of hydrogen-bond acceptors (Lipinski definition) is 2. The molecular formula is C10H11N3. The highest BCUT2D eigenvalue weighted by atomic mass is 15.1. The molecule has 0 aliphatic carbocycles. The highest BCUT2D eigenvalue weighted by molar-refractivity contribution is 5.11. The van der Waals surface area contributed by atoms with Gasteiger partial charge in [-0.1, -0.05) is 6.07 Å². The van der Waals surface area contributed by atoms with Crippen molar-refractivity contribution in [1.82, 2.24) is 15.2 Å². The Kier molecular flexibility index (Phi) is 2.36. The van der Waals surface area contributed by atoms with E-state index in [4.69, 9.17) is 0 Å². The third kappa shape index (κ3) is 2.15. The summed E-state index contributed by atoms with van der Waals surface area (Å²) in [7, 11) is 0. The fourth-order valence-electron chi connectivity index (χ4n) is 1.25. The summed E-state index contributed by atoms with van der Waals surface area (Å²) in [5.74, 6) is 0. The lowest BCUT2D eigenvalue weighted by atomic mass is 10.1. The van der Waals surface area contributed by atoms with Crippen molar-refractivity contribution in [2.75, 3.05) is 0 Å². The number of aromatic nitrogens is 3. The lowest BCUT2D eigenvalue weighted by molar-refractivity contribution is 0.888. The Morgan fingerprint density at radius 1 is 1.15 bits per heavy atom. The summed E-state index contributed by atoms with van der Waals surface area (Å²) in [6.07, 6.45) is 7.47. The van der Waals surface area contributed by atoms with E-state index < -0.39 is 0 Å². The van der Waals surface area contributed by atoms with E-state index in [-0.39, 0.29) is 0 Å². The molecule has 0 radical (unpaired) electrons. The van der Waals surface area contributed by atoms with Crippen LogP contribution < -0.4 is 0 Å². The molecule has 0 unspecified atom stereocenters. The molecular weight excluding hydrogens is 162 g/mol. The lowest BCUT2D eigenvalue weighted by Crippen LogP contribution is -1.91. The first-order valence-electron chi connectivity index (χ1n) is 4.32. The second-order valence-corrected chi connectivity index (χ2v) is 2.94. The Balaban J connectivity index is 1.94. The van der Waals surface area contributed by atoms with Crippen molar-refractivity contribution >= 4 is 0 Å². The van der Waals surface area contributed by atoms with Gasteiger partial charge < -0.3 is 0 Å². The second-order valence-electron chi connectivity index (χ2n) is 2.94. The standard InChI is InChI=1S/C10H11N3/c1-2-9(8-11-6-1)3-4-10-5-7-12-13-10/h1-2,5-8H,3-4H2,(H,12,13). The minimum absolute atomic E-state index is 0.992. The number of pyridine rings is 1. The molecule has 3 nitrogen and oxygen atoms in total. The van der Waals surface area contributed by atoms with Gasteiger partial charge in [0.1, 0.15) is 0 Å². The molecule has 3 heteroatoms. The number of rotatable bonds is 3. The van der Waals surface area contributed by atoms with Gasteiger partial charge in [0, 0.05) is 24.3 Å². The predicted octanol–water partition coefficient (Wildman–Crippen LogP) is 1.59. The van der Waals surface area contributed by atoms with E-state index in [1.54, 1.807) is 12.4 Å². The summed E-state index contributed by atoms with van der Waals surface area (Å²) < 4.78 is 0. The van der Waals surface area contributed by atoms with Gasteiger partial charge in [0.25, 0.3) is 0 Å². The van der Waals surface area contributed by atoms with Crippen LogP contribution in [0.25, 0.3) is 0 Å². The van der Waals surface area contributed by atoms with Gasteiger partial charge in [0.15, 0.2) is 0 Å². The Labute approximate surface area is 76.8 Å². The number of nitrogens with zero attached hydrogens (tertiary/aromatic N) is 2. The van der Waals surface area contributed by atoms with Gasteiger partial charge in [-0.25, -0.2) is 0 Å². The first-order chi connectivity index (χ1) is 6.45. The molecule has 0 saturated carbocycles. The molecule has 2 aromatic rings. The van der Waals surface area contributed by atoms with Crippen LogP contribution >= 0.6 is 0 Å². The Morgan fingerprint density at radius 2 is 2.15 bits per heavy atom. The second kappa shape index (κ2) is 3.85. The molecule has 2 aromatic heterocycles. The third-order valence-corrected chi connectivity index (χ3v) is 1.96. The Bertz CT molecular complexity index is 340. The van der Waals surface area contributed by atoms with Crippen molar-refractivity contribution in [2.24, 2.45) is 0 Å². The average Bonchev–Trinajstić information content (AvgIpc) is 2.69. The zero-order valence-electron chi connectivity index (χ0n) is 7.27. The normalized spacial score (nSPS) is 10.2. The van der Waals surface area contributed by atoms with Crippen molar-refractivity contribution in [3.8, 4) is 0 Å². The van der Waals surface area contributed by atoms with E-state index in [0.29, 0.717) is 0 Å². The monoisotopic (exact) mass is 173 g/mol. The summed E-state index contributed by atoms with van der Waals surface area (Å²) in [5, 5.41) is 6.83. The number of nitrogens with one attached hydrogen (secondary N) is 1. The van der Waals surface area contributed by atoms with Crippen LogP contribution in [0, 0.1) is 0 Å². The highest BCUT2D eigenvalue weighted by Crippen LogP contribution is 2.02. The minimum atomic E-state index is 0.992. The van der Waals surface area contributed by atoms with Gasteiger partial charge in [-0.2, -0.15) is 5.10 Å². The highest BCUT2D eigenvalue weighted by Gasteiger charge is 1.95. The molecule has 0 spiro atoms. The molecule has 13 heavy (non-hydrogen) atoms. The minimum Gasteiger partial charge on any atom is -0.283 e. The van der Waals surface area contributed by atoms with Crippen LogP contribution in [0.5, 0.6) is 0 Å². The van der Waals surface area contributed by atoms with Crippen LogP contribution in [0.4, 0.5) is 0 Å². The molecule has 0 aromatic carbocycles. The van der Waals surface area contributed by atoms with Gasteiger partial charge in [-0.05, 0) is 30.5 Å². The van der Waals surface area contributed by atoms with E-state index in [2.05, 4.69) is 21.2 Å². The first-order valence-corrected chi connectivity index (χ1v) is 4.32. The number of aryl methyl sites for hydroxylation is 2. The SMILES string of the molecule is c1cncc(CCc2ccn[nH]2)c1. The molecule has 0 amide bonds. The molecule has 2 rings (SSSR count). The predicted molar refractivity (Wildman–Crippen MR) is 50.2 cm³/mol. The Hall–Kier alpha value is -1.64. The lowest BCUT2D eigenvalue weighted by Gasteiger charge is -1.97. The van der Waals surface area contributed by atoms with E-state index in [9.17, 15) is 0 Å². The Morgan fingerprint density at radius 3 is 2.85 bits per heavy atom. The molecule has 66 valence electrons. The van der Waals surface area contributed by atoms with Crippen molar-refractivity contribution < 1.29 is 0 Å². The van der Waals surface area contributed by atoms with E-state index >= 15 is 0 Å². The first kappa shape index (κ1) is 7.98. The maximum Gasteiger partial charge on any atom is 0.0490 e. The number of hydrogen-bond donors (Lipinski definition) is 1. The van der Waals surface area contributed by atoms with Gasteiger partial charge in [-0.15, -0.1) is 0 Å². The van der Waals surface area contributed by atoms with Crippen LogP contribution in [-0.2, 0) is 12.8 Å². The molecule has 1 N–H and O–H groups in total. The smallest absolute Gasteiger partial charge is 0.0490 e. The largest absolute Gasteiger partial charge is 0.283 e. The summed E-state index contributed by atoms with van der Waals surface area (Å²) in [6, 6.07) is 6.04. The summed E-state index contributed by atoms with van der Waals surface area (Å²) in [4.78, 5) is 4.06. The topological polar surface area (TPSA) is 41.6 Å². The van der Waals surface area contributed by atoms with Crippen molar-refractivity contribution in [2.45, 2.75) is 12.8 Å². The quantitative estimate of drug-likeness (QED) is 0.765. The summed E-state index contributed by atoms with van der Waals surface area (Å²) >= 11 is 0. The fourth-order valence-corrected chi connectivity index (χ4v) is 1.25. The van der Waals surface area contributed by atoms with Crippen molar-refractivity contribution in [3.63, 3.8) is 0 Å². The zero-order chi connectivity index (χ0) is 8.93. The zero-order valence-corrected chi connectivity index (χ0v) is 7.27. The van der Waals surface area contributed by atoms with Gasteiger partial charge >= 0.3 is 0 Å². The summed E-state index contributed by atoms with van der Waals surface area (Å²) in [5.41, 5.74) is 2.43. The molecule has 2 heterocycles. The molecule has 0 saturated heterocycles. The van der Waals surface area contributed by atoms with Gasteiger partial charge in [0.2, 0.25) is 0 Å². The maximum absolute atomic E-state index is 4.06. The maximum atomic E-state index is 4.06. The van der Waals surface area contributed by atoms with Gasteiger partial charge in [-0.3, -0.25) is 10.1 Å². The number of aromatic amines is 1. The van der Waals surface area contributed by atoms with Crippen LogP contribution in [0.15, 0.2) is 36.8 Å². The van der Waals surface area contributed by atoms with Crippen molar-refractivity contribution in [1.29, 1.82) is 0 Å². The molecule has 0 aliphatic rings. The van der Waals surface area contributed by atoms with Crippen LogP contribution in [0.2, 0.25) is 0 Å². The van der Waals surface area contributed by atoms with Gasteiger partial charge in [0.05, 0.1) is 0 Å². The molecule has 0 atom stereocenters. The average molecular weight is 173 g/mol. The molecule has 0 fully saturated rings. The van der Waals surface area contributed by atoms with Crippen LogP contribution in [-0.4, -0.2) is 15.2 Å².